The van der Waals surface area contributed by atoms with Gasteiger partial charge in [0, 0.05) is 17.3 Å². The van der Waals surface area contributed by atoms with Crippen LogP contribution in [0, 0.1) is 18.3 Å². The number of aryl methyl sites for hydroxylation is 1. The molecule has 4 rings (SSSR count). The molecule has 0 atom stereocenters. The van der Waals surface area contributed by atoms with Crippen molar-refractivity contribution in [1.29, 1.82) is 5.26 Å². The van der Waals surface area contributed by atoms with Gasteiger partial charge >= 0.3 is 0 Å². The van der Waals surface area contributed by atoms with Crippen LogP contribution in [0.15, 0.2) is 108 Å². The van der Waals surface area contributed by atoms with Crippen molar-refractivity contribution in [3.8, 4) is 28.8 Å². The largest absolute Gasteiger partial charge is 0.489 e. The van der Waals surface area contributed by atoms with Crippen LogP contribution in [-0.2, 0) is 9.84 Å². The van der Waals surface area contributed by atoms with E-state index in [1.165, 1.54) is 18.2 Å². The van der Waals surface area contributed by atoms with E-state index in [2.05, 4.69) is 6.58 Å². The summed E-state index contributed by atoms with van der Waals surface area (Å²) in [4.78, 5) is -0.301. The molecule has 0 aliphatic rings. The molecule has 0 N–H and O–H groups in total. The summed E-state index contributed by atoms with van der Waals surface area (Å²) in [5, 5.41) is 14.5. The molecule has 0 amide bonds. The van der Waals surface area contributed by atoms with Crippen LogP contribution in [-0.4, -0.2) is 24.8 Å². The number of hydrogen-bond acceptors (Lipinski definition) is 5. The number of nitrogens with zero attached hydrogens (tertiary/aromatic N) is 3. The summed E-state index contributed by atoms with van der Waals surface area (Å²) in [6.45, 7) is 5.98. The summed E-state index contributed by atoms with van der Waals surface area (Å²) < 4.78 is 33.6. The van der Waals surface area contributed by atoms with Gasteiger partial charge in [-0.2, -0.15) is 10.4 Å². The van der Waals surface area contributed by atoms with Crippen molar-refractivity contribution < 1.29 is 13.2 Å². The number of benzene rings is 3. The Kier molecular flexibility index (Phi) is 6.95. The van der Waals surface area contributed by atoms with Crippen molar-refractivity contribution in [3.63, 3.8) is 0 Å². The van der Waals surface area contributed by atoms with Crippen LogP contribution in [0.25, 0.3) is 23.0 Å². The molecule has 0 saturated heterocycles. The predicted octanol–water partition coefficient (Wildman–Crippen LogP) is 5.75. The van der Waals surface area contributed by atoms with E-state index in [1.807, 2.05) is 61.5 Å². The van der Waals surface area contributed by atoms with Crippen LogP contribution in [0.4, 0.5) is 0 Å². The number of hydrogen-bond donors (Lipinski definition) is 0. The third-order valence-corrected chi connectivity index (χ3v) is 6.99. The molecule has 0 radical (unpaired) electrons. The highest BCUT2D eigenvalue weighted by molar-refractivity contribution is 7.95. The Labute approximate surface area is 205 Å². The Hall–Kier alpha value is -4.41. The predicted molar refractivity (Wildman–Crippen MR) is 137 cm³/mol. The number of ether oxygens (including phenoxy) is 1. The van der Waals surface area contributed by atoms with Crippen molar-refractivity contribution in [3.05, 3.63) is 114 Å². The maximum Gasteiger partial charge on any atom is 0.216 e. The smallest absolute Gasteiger partial charge is 0.216 e. The second-order valence-corrected chi connectivity index (χ2v) is 9.65. The lowest BCUT2D eigenvalue weighted by Gasteiger charge is -2.09. The monoisotopic (exact) mass is 481 g/mol. The van der Waals surface area contributed by atoms with Gasteiger partial charge in [0.2, 0.25) is 9.84 Å². The first-order chi connectivity index (χ1) is 16.9. The van der Waals surface area contributed by atoms with Crippen LogP contribution in [0.3, 0.4) is 0 Å². The SMILES string of the molecule is C=CCOc1ccc(-c2nn(-c3ccccc3)cc2/C=C(/C#N)S(=O)(=O)c2ccccc2)cc1C. The summed E-state index contributed by atoms with van der Waals surface area (Å²) in [6.07, 6.45) is 4.77. The number of nitriles is 1. The quantitative estimate of drug-likeness (QED) is 0.236. The zero-order valence-corrected chi connectivity index (χ0v) is 19.9. The maximum absolute atomic E-state index is 13.1. The average molecular weight is 482 g/mol. The minimum atomic E-state index is -4.00. The van der Waals surface area contributed by atoms with Crippen molar-refractivity contribution in [1.82, 2.24) is 9.78 Å². The molecule has 0 unspecified atom stereocenters. The highest BCUT2D eigenvalue weighted by Crippen LogP contribution is 2.31. The fourth-order valence-electron chi connectivity index (χ4n) is 3.58. The third kappa shape index (κ3) is 5.08. The summed E-state index contributed by atoms with van der Waals surface area (Å²) in [5.41, 5.74) is 3.52. The van der Waals surface area contributed by atoms with Crippen molar-refractivity contribution >= 4 is 15.9 Å². The highest BCUT2D eigenvalue weighted by atomic mass is 32.2. The van der Waals surface area contributed by atoms with E-state index in [9.17, 15) is 13.7 Å². The fraction of sp³-hybridized carbons (Fsp3) is 0.0714. The van der Waals surface area contributed by atoms with E-state index < -0.39 is 9.84 Å². The zero-order valence-electron chi connectivity index (χ0n) is 19.1. The van der Waals surface area contributed by atoms with Gasteiger partial charge < -0.3 is 4.74 Å². The Morgan fingerprint density at radius 3 is 2.40 bits per heavy atom. The molecule has 7 heteroatoms. The van der Waals surface area contributed by atoms with Gasteiger partial charge in [0.1, 0.15) is 29.0 Å². The molecule has 35 heavy (non-hydrogen) atoms. The van der Waals surface area contributed by atoms with Crippen molar-refractivity contribution in [2.24, 2.45) is 0 Å². The number of sulfone groups is 1. The van der Waals surface area contributed by atoms with Gasteiger partial charge in [0.15, 0.2) is 0 Å². The molecule has 1 heterocycles. The normalized spacial score (nSPS) is 11.6. The van der Waals surface area contributed by atoms with Gasteiger partial charge in [-0.3, -0.25) is 0 Å². The Morgan fingerprint density at radius 2 is 1.77 bits per heavy atom. The fourth-order valence-corrected chi connectivity index (χ4v) is 4.75. The molecule has 0 saturated carbocycles. The van der Waals surface area contributed by atoms with Crippen molar-refractivity contribution in [2.45, 2.75) is 11.8 Å². The first-order valence-corrected chi connectivity index (χ1v) is 12.3. The van der Waals surface area contributed by atoms with E-state index in [1.54, 1.807) is 35.2 Å². The van der Waals surface area contributed by atoms with Crippen LogP contribution < -0.4 is 4.74 Å². The molecule has 0 aliphatic carbocycles. The Morgan fingerprint density at radius 1 is 1.09 bits per heavy atom. The molecule has 1 aromatic heterocycles. The molecule has 174 valence electrons. The van der Waals surface area contributed by atoms with Crippen LogP contribution in [0.5, 0.6) is 5.75 Å². The minimum absolute atomic E-state index is 0.0596. The first kappa shape index (κ1) is 23.7. The Bertz CT molecular complexity index is 1530. The number of para-hydroxylation sites is 1. The Balaban J connectivity index is 1.86. The van der Waals surface area contributed by atoms with E-state index in [0.29, 0.717) is 17.9 Å². The van der Waals surface area contributed by atoms with Crippen molar-refractivity contribution in [2.75, 3.05) is 6.61 Å². The first-order valence-electron chi connectivity index (χ1n) is 10.9. The van der Waals surface area contributed by atoms with Gasteiger partial charge in [-0.1, -0.05) is 49.1 Å². The highest BCUT2D eigenvalue weighted by Gasteiger charge is 2.22. The summed E-state index contributed by atoms with van der Waals surface area (Å²) in [5.74, 6) is 0.720. The molecular formula is C28H23N3O3S. The average Bonchev–Trinajstić information content (AvgIpc) is 3.31. The number of allylic oxidation sites excluding steroid dienone is 1. The molecule has 0 bridgehead atoms. The van der Waals surface area contributed by atoms with Gasteiger partial charge in [0.25, 0.3) is 0 Å². The maximum atomic E-state index is 13.1. The van der Waals surface area contributed by atoms with E-state index in [0.717, 1.165) is 22.6 Å². The van der Waals surface area contributed by atoms with Gasteiger partial charge in [-0.05, 0) is 61.0 Å². The lowest BCUT2D eigenvalue weighted by molar-refractivity contribution is 0.360. The van der Waals surface area contributed by atoms with Gasteiger partial charge in [-0.15, -0.1) is 0 Å². The molecule has 0 aliphatic heterocycles. The molecular weight excluding hydrogens is 458 g/mol. The van der Waals surface area contributed by atoms with Crippen LogP contribution in [0.2, 0.25) is 0 Å². The number of rotatable bonds is 8. The van der Waals surface area contributed by atoms with E-state index in [4.69, 9.17) is 9.84 Å². The zero-order chi connectivity index (χ0) is 24.8. The van der Waals surface area contributed by atoms with Crippen LogP contribution in [0.1, 0.15) is 11.1 Å². The topological polar surface area (TPSA) is 85.0 Å². The summed E-state index contributed by atoms with van der Waals surface area (Å²) in [6, 6.07) is 24.9. The molecule has 0 fully saturated rings. The van der Waals surface area contributed by atoms with E-state index in [-0.39, 0.29) is 9.80 Å². The third-order valence-electron chi connectivity index (χ3n) is 5.31. The van der Waals surface area contributed by atoms with Gasteiger partial charge in [-0.25, -0.2) is 13.1 Å². The summed E-state index contributed by atoms with van der Waals surface area (Å²) in [7, 11) is -4.00. The lowest BCUT2D eigenvalue weighted by Crippen LogP contribution is -2.03. The lowest BCUT2D eigenvalue weighted by atomic mass is 10.0. The van der Waals surface area contributed by atoms with Gasteiger partial charge in [0.05, 0.1) is 10.6 Å². The number of aromatic nitrogens is 2. The second kappa shape index (κ2) is 10.2. The summed E-state index contributed by atoms with van der Waals surface area (Å²) >= 11 is 0. The molecule has 6 nitrogen and oxygen atoms in total. The standard InChI is InChI=1S/C28H23N3O3S/c1-3-16-34-27-15-14-22(17-21(27)2)28-23(20-31(30-28)24-10-6-4-7-11-24)18-26(19-29)35(32,33)25-12-8-5-9-13-25/h3-15,17-18,20H,1,16H2,2H3/b26-18-. The molecule has 4 aromatic rings. The molecule has 0 spiro atoms. The second-order valence-electron chi connectivity index (χ2n) is 7.73. The molecule has 3 aromatic carbocycles. The van der Waals surface area contributed by atoms with Crippen LogP contribution >= 0.6 is 0 Å². The van der Waals surface area contributed by atoms with E-state index >= 15 is 0 Å². The minimum Gasteiger partial charge on any atom is -0.489 e.